The Morgan fingerprint density at radius 1 is 1.19 bits per heavy atom. The molecule has 0 aliphatic carbocycles. The maximum atomic E-state index is 11.0. The van der Waals surface area contributed by atoms with Crippen LogP contribution < -0.4 is 17.0 Å². The summed E-state index contributed by atoms with van der Waals surface area (Å²) >= 11 is 3.13. The van der Waals surface area contributed by atoms with Crippen molar-refractivity contribution in [1.29, 1.82) is 0 Å². The molecule has 0 aliphatic heterocycles. The second-order valence-electron chi connectivity index (χ2n) is 4.17. The number of hydrogen-bond donors (Lipinski definition) is 0. The van der Waals surface area contributed by atoms with Crippen molar-refractivity contribution < 1.29 is 45.1 Å². The Morgan fingerprint density at radius 2 is 1.43 bits per heavy atom. The highest BCUT2D eigenvalue weighted by atomic mass is 79.9. The van der Waals surface area contributed by atoms with Crippen LogP contribution in [0.1, 0.15) is 8.80 Å². The number of ether oxygens (including phenoxy) is 1. The van der Waals surface area contributed by atoms with Gasteiger partial charge in [0.2, 0.25) is 0 Å². The first-order valence-electron chi connectivity index (χ1n) is 5.72. The van der Waals surface area contributed by atoms with Crippen molar-refractivity contribution in [3.05, 3.63) is 25.3 Å². The Kier molecular flexibility index (Phi) is 39.2. The topological polar surface area (TPSA) is 9.23 Å². The summed E-state index contributed by atoms with van der Waals surface area (Å²) in [5, 5.41) is 0.896. The van der Waals surface area contributed by atoms with Crippen molar-refractivity contribution in [3.8, 4) is 0 Å². The van der Waals surface area contributed by atoms with E-state index in [0.29, 0.717) is 0 Å². The van der Waals surface area contributed by atoms with Gasteiger partial charge in [-0.15, -0.1) is 26.3 Å². The molecule has 0 heterocycles. The van der Waals surface area contributed by atoms with Crippen LogP contribution >= 0.6 is 15.9 Å². The zero-order valence-electron chi connectivity index (χ0n) is 13.3. The van der Waals surface area contributed by atoms with Gasteiger partial charge in [-0.05, 0) is 0 Å². The number of alkyl halides is 5. The predicted octanol–water partition coefficient (Wildman–Crippen LogP) is 1.82. The highest BCUT2D eigenvalue weighted by molar-refractivity contribution is 9.09. The zero-order valence-corrected chi connectivity index (χ0v) is 15.5. The largest absolute Gasteiger partial charge is 1.00 e. The van der Waals surface area contributed by atoms with Crippen molar-refractivity contribution in [1.82, 2.24) is 0 Å². The lowest BCUT2D eigenvalue weighted by Gasteiger charge is -2.14. The second kappa shape index (κ2) is 25.1. The normalized spacial score (nSPS) is 9.29. The van der Waals surface area contributed by atoms with Crippen molar-refractivity contribution in [2.24, 2.45) is 0 Å². The van der Waals surface area contributed by atoms with Gasteiger partial charge in [0.25, 0.3) is 0 Å². The van der Waals surface area contributed by atoms with Gasteiger partial charge in [0.15, 0.2) is 0 Å². The van der Waals surface area contributed by atoms with Crippen LogP contribution in [0.25, 0.3) is 0 Å². The Hall–Kier alpha value is 0.0800. The highest BCUT2D eigenvalue weighted by Crippen LogP contribution is 2.15. The van der Waals surface area contributed by atoms with Crippen molar-refractivity contribution >= 4 is 15.9 Å². The zero-order chi connectivity index (χ0) is 17.2. The Morgan fingerprint density at radius 3 is 1.48 bits per heavy atom. The fraction of sp³-hybridized carbons (Fsp3) is 0.692. The van der Waals surface area contributed by atoms with Crippen LogP contribution in [0.2, 0.25) is 0 Å². The fourth-order valence-electron chi connectivity index (χ4n) is 0.153. The molecule has 0 spiro atoms. The molecule has 0 aromatic heterocycles. The van der Waals surface area contributed by atoms with Crippen LogP contribution in [0, 0.1) is 0 Å². The number of nitrogens with zero attached hydrogens (tertiary/aromatic N) is 1. The predicted molar refractivity (Wildman–Crippen MR) is 83.9 cm³/mol. The van der Waals surface area contributed by atoms with E-state index in [2.05, 4.69) is 62.0 Å². The third-order valence-electron chi connectivity index (χ3n) is 0.474. The maximum absolute atomic E-state index is 11.0. The molecule has 2 nitrogen and oxygen atoms in total. The molecule has 0 aromatic carbocycles. The van der Waals surface area contributed by atoms with Crippen LogP contribution in [-0.2, 0) is 4.74 Å². The number of allylic oxidation sites excluding steroid dienone is 1. The Bertz CT molecular complexity index is 207. The molecule has 0 saturated heterocycles. The van der Waals surface area contributed by atoms with E-state index in [1.165, 1.54) is 0 Å². The Balaban J connectivity index is -0.0000000403. The first kappa shape index (κ1) is 32.9. The van der Waals surface area contributed by atoms with Gasteiger partial charge < -0.3 is 21.5 Å². The lowest BCUT2D eigenvalue weighted by atomic mass is 10.7. The summed E-state index contributed by atoms with van der Waals surface area (Å²) in [5.74, 6) is 0. The molecule has 0 atom stereocenters. The number of halogens is 6. The molecule has 0 fully saturated rings. The number of rotatable bonds is 3. The summed E-state index contributed by atoms with van der Waals surface area (Å²) in [6, 6.07) is 0. The van der Waals surface area contributed by atoms with E-state index in [1.807, 2.05) is 0 Å². The number of hydrogen-bond acceptors (Lipinski definition) is 1. The third kappa shape index (κ3) is 178. The van der Waals surface area contributed by atoms with Crippen LogP contribution in [0.3, 0.4) is 0 Å². The van der Waals surface area contributed by atoms with Gasteiger partial charge in [0.05, 0.1) is 43.3 Å². The first-order valence-corrected chi connectivity index (χ1v) is 6.14. The molecule has 0 rings (SSSR count). The summed E-state index contributed by atoms with van der Waals surface area (Å²) in [5.41, 5.74) is 0. The second-order valence-corrected chi connectivity index (χ2v) is 4.82. The molecule has 0 radical (unpaired) electrons. The molecule has 21 heavy (non-hydrogen) atoms. The van der Waals surface area contributed by atoms with Crippen LogP contribution in [0.15, 0.2) is 25.3 Å². The maximum Gasteiger partial charge on any atom is 0.522 e. The minimum absolute atomic E-state index is 0. The number of quaternary nitrogens is 1. The van der Waals surface area contributed by atoms with Crippen LogP contribution in [0.5, 0.6) is 0 Å². The summed E-state index contributed by atoms with van der Waals surface area (Å²) in [6.07, 6.45) is -1.69. The van der Waals surface area contributed by atoms with Crippen LogP contribution in [0.4, 0.5) is 17.6 Å². The molecular formula is C13H29Br2F4NO. The van der Waals surface area contributed by atoms with E-state index in [1.54, 1.807) is 6.08 Å². The summed E-state index contributed by atoms with van der Waals surface area (Å²) < 4.78 is 52.7. The minimum Gasteiger partial charge on any atom is -1.00 e. The quantitative estimate of drug-likeness (QED) is 0.275. The van der Waals surface area contributed by atoms with E-state index in [9.17, 15) is 17.6 Å². The first-order chi connectivity index (χ1) is 8.89. The smallest absolute Gasteiger partial charge is 0.522 e. The monoisotopic (exact) mass is 450 g/mol. The SMILES string of the molecule is C.C=CCBr.C=CCOC(F)(F)F.C[N+](C)(C)C.[2H]CF.[Br-]. The molecule has 8 heteroatoms. The average Bonchev–Trinajstić information content (AvgIpc) is 2.24. The highest BCUT2D eigenvalue weighted by Gasteiger charge is 2.27. The molecule has 0 aliphatic rings. The third-order valence-corrected chi connectivity index (χ3v) is 0.932. The van der Waals surface area contributed by atoms with E-state index in [4.69, 9.17) is 1.37 Å². The molecule has 0 unspecified atom stereocenters. The molecule has 0 aromatic rings. The van der Waals surface area contributed by atoms with Crippen molar-refractivity contribution in [3.63, 3.8) is 0 Å². The van der Waals surface area contributed by atoms with Gasteiger partial charge in [-0.25, -0.2) is 0 Å². The van der Waals surface area contributed by atoms with E-state index >= 15 is 0 Å². The molecule has 0 bridgehead atoms. The van der Waals surface area contributed by atoms with Gasteiger partial charge in [0.1, 0.15) is 0 Å². The molecule has 0 saturated carbocycles. The molecule has 134 valence electrons. The summed E-state index contributed by atoms with van der Waals surface area (Å²) in [4.78, 5) is 0. The Labute approximate surface area is 147 Å². The standard InChI is InChI=1S/C4H5F3O.C4H12N.C3H5Br.CH3F.CH4.BrH/c1-2-3-8-4(5,6)7;1-5(2,3)4;1-2-3-4;1-2;;/h2H,1,3H2;1-4H3;2H,1,3H2;1H3;1H4;1H/q;+1;;;;/p-1/i;;;1D;;. The lowest BCUT2D eigenvalue weighted by molar-refractivity contribution is -0.849. The van der Waals surface area contributed by atoms with Gasteiger partial charge in [0, 0.05) is 5.33 Å². The summed E-state index contributed by atoms with van der Waals surface area (Å²) in [7, 11) is 7.50. The molecule has 0 N–H and O–H groups in total. The van der Waals surface area contributed by atoms with Crippen molar-refractivity contribution in [2.45, 2.75) is 13.8 Å². The lowest BCUT2D eigenvalue weighted by Crippen LogP contribution is -3.00. The van der Waals surface area contributed by atoms with Crippen molar-refractivity contribution in [2.75, 3.05) is 47.3 Å². The van der Waals surface area contributed by atoms with E-state index in [-0.39, 0.29) is 24.4 Å². The van der Waals surface area contributed by atoms with Gasteiger partial charge in [-0.2, -0.15) is 0 Å². The average molecular weight is 452 g/mol. The van der Waals surface area contributed by atoms with Crippen LogP contribution in [-0.4, -0.2) is 58.1 Å². The molecular weight excluding hydrogens is 422 g/mol. The van der Waals surface area contributed by atoms with E-state index < -0.39 is 20.1 Å². The van der Waals surface area contributed by atoms with Gasteiger partial charge in [-0.1, -0.05) is 35.5 Å². The molecule has 0 amide bonds. The fourth-order valence-corrected chi connectivity index (χ4v) is 0.153. The van der Waals surface area contributed by atoms with Gasteiger partial charge in [-0.3, -0.25) is 9.13 Å². The van der Waals surface area contributed by atoms with E-state index in [0.717, 1.165) is 15.9 Å². The van der Waals surface area contributed by atoms with Gasteiger partial charge >= 0.3 is 6.36 Å². The minimum atomic E-state index is -4.52. The summed E-state index contributed by atoms with van der Waals surface area (Å²) in [6.45, 7) is 5.99.